The Morgan fingerprint density at radius 2 is 1.57 bits per heavy atom. The van der Waals surface area contributed by atoms with Crippen molar-refractivity contribution < 1.29 is 4.79 Å². The molecular formula is C22H15N3O3. The van der Waals surface area contributed by atoms with Gasteiger partial charge in [0.05, 0.1) is 28.1 Å². The first-order valence-electron chi connectivity index (χ1n) is 9.15. The lowest BCUT2D eigenvalue weighted by molar-refractivity contribution is -0.116. The van der Waals surface area contributed by atoms with Gasteiger partial charge < -0.3 is 0 Å². The van der Waals surface area contributed by atoms with Gasteiger partial charge in [0, 0.05) is 12.0 Å². The Morgan fingerprint density at radius 3 is 2.25 bits per heavy atom. The molecule has 0 spiro atoms. The summed E-state index contributed by atoms with van der Waals surface area (Å²) in [6.45, 7) is 0. The van der Waals surface area contributed by atoms with Crippen molar-refractivity contribution in [1.29, 1.82) is 5.26 Å². The molecule has 2 heterocycles. The van der Waals surface area contributed by atoms with Crippen LogP contribution in [0.3, 0.4) is 0 Å². The van der Waals surface area contributed by atoms with E-state index >= 15 is 0 Å². The van der Waals surface area contributed by atoms with Crippen LogP contribution < -0.4 is 11.1 Å². The van der Waals surface area contributed by atoms with Gasteiger partial charge in [-0.05, 0) is 42.7 Å². The summed E-state index contributed by atoms with van der Waals surface area (Å²) in [6.07, 6.45) is 1.64. The van der Waals surface area contributed by atoms with E-state index in [0.29, 0.717) is 52.4 Å². The number of benzene rings is 2. The Bertz CT molecular complexity index is 1350. The number of nitrogens with zero attached hydrogens (tertiary/aromatic N) is 3. The quantitative estimate of drug-likeness (QED) is 0.660. The molecule has 0 saturated heterocycles. The first-order chi connectivity index (χ1) is 13.6. The number of Topliss-reactive ketones (excluding diaryl/α,β-unsaturated/α-hetero) is 1. The van der Waals surface area contributed by atoms with Crippen molar-refractivity contribution >= 4 is 22.3 Å². The highest BCUT2D eigenvalue weighted by Gasteiger charge is 2.39. The number of hydrogen-bond donors (Lipinski definition) is 0. The highest BCUT2D eigenvalue weighted by atomic mass is 16.2. The molecule has 0 bridgehead atoms. The molecule has 0 amide bonds. The third-order valence-electron chi connectivity index (χ3n) is 5.56. The summed E-state index contributed by atoms with van der Waals surface area (Å²) in [5, 5.41) is 9.76. The van der Waals surface area contributed by atoms with Crippen molar-refractivity contribution in [3.05, 3.63) is 85.9 Å². The zero-order chi connectivity index (χ0) is 19.4. The van der Waals surface area contributed by atoms with Gasteiger partial charge in [-0.2, -0.15) is 5.26 Å². The largest absolute Gasteiger partial charge is 0.294 e. The van der Waals surface area contributed by atoms with Gasteiger partial charge in [0.25, 0.3) is 11.1 Å². The Hall–Kier alpha value is -3.72. The summed E-state index contributed by atoms with van der Waals surface area (Å²) >= 11 is 0. The lowest BCUT2D eigenvalue weighted by atomic mass is 9.88. The van der Waals surface area contributed by atoms with Crippen molar-refractivity contribution in [1.82, 2.24) is 9.36 Å². The SMILES string of the molecule is N#Cc1ccc(C2C3=C(CCCC3=O)n3c(=O)c4ccccc4c(=O)n32)cc1. The first-order valence-corrected chi connectivity index (χ1v) is 9.15. The average Bonchev–Trinajstić information content (AvgIpc) is 3.09. The second-order valence-corrected chi connectivity index (χ2v) is 7.09. The molecule has 1 atom stereocenters. The van der Waals surface area contributed by atoms with Crippen LogP contribution in [0.5, 0.6) is 0 Å². The third-order valence-corrected chi connectivity index (χ3v) is 5.56. The molecule has 3 aromatic rings. The standard InChI is InChI=1S/C22H15N3O3/c23-12-13-8-10-14(11-9-13)20-19-17(6-3-7-18(19)26)24-21(27)15-4-1-2-5-16(15)22(28)25(20)24/h1-2,4-5,8-11,20H,3,6-7H2. The maximum absolute atomic E-state index is 13.3. The first kappa shape index (κ1) is 16.5. The Kier molecular flexibility index (Phi) is 3.46. The molecule has 0 fully saturated rings. The number of allylic oxidation sites excluding steroid dienone is 2. The zero-order valence-corrected chi connectivity index (χ0v) is 14.9. The highest BCUT2D eigenvalue weighted by Crippen LogP contribution is 2.40. The summed E-state index contributed by atoms with van der Waals surface area (Å²) in [5.41, 5.74) is 1.77. The zero-order valence-electron chi connectivity index (χ0n) is 14.9. The second-order valence-electron chi connectivity index (χ2n) is 7.09. The van der Waals surface area contributed by atoms with Crippen LogP contribution >= 0.6 is 0 Å². The Morgan fingerprint density at radius 1 is 0.893 bits per heavy atom. The fourth-order valence-electron chi connectivity index (χ4n) is 4.31. The van der Waals surface area contributed by atoms with E-state index in [9.17, 15) is 14.4 Å². The van der Waals surface area contributed by atoms with Crippen LogP contribution in [-0.2, 0) is 4.79 Å². The third kappa shape index (κ3) is 2.10. The van der Waals surface area contributed by atoms with E-state index in [4.69, 9.17) is 5.26 Å². The highest BCUT2D eigenvalue weighted by molar-refractivity contribution is 6.04. The summed E-state index contributed by atoms with van der Waals surface area (Å²) < 4.78 is 2.82. The minimum absolute atomic E-state index is 0.0327. The summed E-state index contributed by atoms with van der Waals surface area (Å²) in [7, 11) is 0. The molecule has 0 N–H and O–H groups in total. The van der Waals surface area contributed by atoms with E-state index in [1.807, 2.05) is 0 Å². The molecule has 1 aliphatic heterocycles. The van der Waals surface area contributed by atoms with Crippen molar-refractivity contribution in [3.8, 4) is 6.07 Å². The minimum Gasteiger partial charge on any atom is -0.294 e. The predicted octanol–water partition coefficient (Wildman–Crippen LogP) is 2.60. The molecule has 1 unspecified atom stereocenters. The van der Waals surface area contributed by atoms with Crippen LogP contribution in [0.15, 0.2) is 63.7 Å². The van der Waals surface area contributed by atoms with Gasteiger partial charge in [0.15, 0.2) is 5.78 Å². The summed E-state index contributed by atoms with van der Waals surface area (Å²) in [4.78, 5) is 39.4. The number of aromatic nitrogens is 2. The molecule has 28 heavy (non-hydrogen) atoms. The molecular weight excluding hydrogens is 354 g/mol. The van der Waals surface area contributed by atoms with E-state index in [1.165, 1.54) is 9.36 Å². The molecule has 1 aromatic heterocycles. The molecule has 0 saturated carbocycles. The van der Waals surface area contributed by atoms with Gasteiger partial charge >= 0.3 is 0 Å². The van der Waals surface area contributed by atoms with Crippen molar-refractivity contribution in [2.24, 2.45) is 0 Å². The number of carbonyl (C=O) groups excluding carboxylic acids is 1. The van der Waals surface area contributed by atoms with E-state index < -0.39 is 6.04 Å². The number of nitriles is 1. The van der Waals surface area contributed by atoms with Crippen LogP contribution in [0.2, 0.25) is 0 Å². The number of rotatable bonds is 1. The van der Waals surface area contributed by atoms with E-state index in [-0.39, 0.29) is 16.9 Å². The molecule has 1 aliphatic carbocycles. The fourth-order valence-corrected chi connectivity index (χ4v) is 4.31. The van der Waals surface area contributed by atoms with Gasteiger partial charge in [0.1, 0.15) is 6.04 Å². The smallest absolute Gasteiger partial charge is 0.277 e. The number of fused-ring (bicyclic) bond motifs is 3. The number of carbonyl (C=O) groups is 1. The average molecular weight is 369 g/mol. The van der Waals surface area contributed by atoms with Gasteiger partial charge in [-0.25, -0.2) is 9.36 Å². The maximum atomic E-state index is 13.3. The van der Waals surface area contributed by atoms with Gasteiger partial charge in [0.2, 0.25) is 0 Å². The molecule has 6 nitrogen and oxygen atoms in total. The summed E-state index contributed by atoms with van der Waals surface area (Å²) in [6, 6.07) is 15.0. The van der Waals surface area contributed by atoms with E-state index in [1.54, 1.807) is 48.5 Å². The van der Waals surface area contributed by atoms with Crippen molar-refractivity contribution in [2.75, 3.05) is 0 Å². The maximum Gasteiger partial charge on any atom is 0.277 e. The van der Waals surface area contributed by atoms with Crippen molar-refractivity contribution in [2.45, 2.75) is 25.3 Å². The Balaban J connectivity index is 1.90. The second kappa shape index (κ2) is 5.89. The molecule has 136 valence electrons. The van der Waals surface area contributed by atoms with Crippen LogP contribution in [0.4, 0.5) is 0 Å². The topological polar surface area (TPSA) is 84.9 Å². The Labute approximate surface area is 159 Å². The predicted molar refractivity (Wildman–Crippen MR) is 104 cm³/mol. The lowest BCUT2D eigenvalue weighted by Crippen LogP contribution is -2.37. The van der Waals surface area contributed by atoms with Gasteiger partial charge in [-0.1, -0.05) is 24.3 Å². The minimum atomic E-state index is -0.652. The normalized spacial score (nSPS) is 18.1. The monoisotopic (exact) mass is 369 g/mol. The van der Waals surface area contributed by atoms with Gasteiger partial charge in [-0.15, -0.1) is 0 Å². The number of ketones is 1. The van der Waals surface area contributed by atoms with Crippen LogP contribution in [0, 0.1) is 11.3 Å². The van der Waals surface area contributed by atoms with Crippen molar-refractivity contribution in [3.63, 3.8) is 0 Å². The van der Waals surface area contributed by atoms with E-state index in [0.717, 1.165) is 0 Å². The number of hydrogen-bond acceptors (Lipinski definition) is 4. The molecule has 5 rings (SSSR count). The lowest BCUT2D eigenvalue weighted by Gasteiger charge is -2.18. The van der Waals surface area contributed by atoms with Crippen LogP contribution in [-0.4, -0.2) is 15.1 Å². The molecule has 6 heteroatoms. The fraction of sp³-hybridized carbons (Fsp3) is 0.182. The molecule has 2 aliphatic rings. The van der Waals surface area contributed by atoms with E-state index in [2.05, 4.69) is 6.07 Å². The van der Waals surface area contributed by atoms with Gasteiger partial charge in [-0.3, -0.25) is 14.4 Å². The molecule has 2 aromatic carbocycles. The van der Waals surface area contributed by atoms with Crippen LogP contribution in [0.25, 0.3) is 16.5 Å². The molecule has 0 radical (unpaired) electrons. The summed E-state index contributed by atoms with van der Waals surface area (Å²) in [5.74, 6) is -0.0327. The van der Waals surface area contributed by atoms with Crippen LogP contribution in [0.1, 0.15) is 36.4 Å².